The molecular weight excluding hydrogens is 604 g/mol. The zero-order valence-corrected chi connectivity index (χ0v) is 28.6. The van der Waals surface area contributed by atoms with E-state index in [0.29, 0.717) is 40.7 Å². The van der Waals surface area contributed by atoms with Crippen LogP contribution in [0.15, 0.2) is 30.7 Å². The van der Waals surface area contributed by atoms with Crippen LogP contribution in [0.5, 0.6) is 5.75 Å². The van der Waals surface area contributed by atoms with Crippen LogP contribution in [0.25, 0.3) is 5.69 Å². The van der Waals surface area contributed by atoms with E-state index in [1.165, 1.54) is 32.1 Å². The van der Waals surface area contributed by atoms with Crippen LogP contribution in [0.4, 0.5) is 17.5 Å². The fourth-order valence-corrected chi connectivity index (χ4v) is 8.13. The van der Waals surface area contributed by atoms with E-state index < -0.39 is 0 Å². The van der Waals surface area contributed by atoms with Gasteiger partial charge in [0.1, 0.15) is 23.8 Å². The first kappa shape index (κ1) is 32.3. The van der Waals surface area contributed by atoms with Crippen molar-refractivity contribution >= 4 is 23.4 Å². The summed E-state index contributed by atoms with van der Waals surface area (Å²) in [6.45, 7) is 9.62. The van der Waals surface area contributed by atoms with Gasteiger partial charge in [0.2, 0.25) is 5.95 Å². The van der Waals surface area contributed by atoms with E-state index >= 15 is 0 Å². The summed E-state index contributed by atoms with van der Waals surface area (Å²) >= 11 is 0. The normalized spacial score (nSPS) is 22.9. The van der Waals surface area contributed by atoms with Crippen molar-refractivity contribution in [2.24, 2.45) is 5.92 Å². The van der Waals surface area contributed by atoms with Gasteiger partial charge >= 0.3 is 0 Å². The third kappa shape index (κ3) is 6.33. The van der Waals surface area contributed by atoms with E-state index in [1.807, 2.05) is 16.7 Å². The molecule has 1 amide bonds. The van der Waals surface area contributed by atoms with Gasteiger partial charge in [0.25, 0.3) is 5.91 Å². The number of carbonyl (C=O) groups excluding carboxylic acids is 1. The summed E-state index contributed by atoms with van der Waals surface area (Å²) < 4.78 is 7.69. The lowest BCUT2D eigenvalue weighted by molar-refractivity contribution is 0.0521. The lowest BCUT2D eigenvalue weighted by atomic mass is 9.89. The Morgan fingerprint density at radius 2 is 1.98 bits per heavy atom. The number of nitrogens with one attached hydrogen (secondary N) is 3. The van der Waals surface area contributed by atoms with Crippen LogP contribution in [0, 0.1) is 17.2 Å². The number of imidazole rings is 1. The molecule has 5 heterocycles. The summed E-state index contributed by atoms with van der Waals surface area (Å²) in [4.78, 5) is 32.5. The van der Waals surface area contributed by atoms with E-state index in [2.05, 4.69) is 62.6 Å². The minimum atomic E-state index is -0.0681. The van der Waals surface area contributed by atoms with E-state index in [4.69, 9.17) is 9.72 Å². The highest BCUT2D eigenvalue weighted by Crippen LogP contribution is 2.42. The molecule has 4 aliphatic rings. The van der Waals surface area contributed by atoms with Gasteiger partial charge in [-0.3, -0.25) is 14.3 Å². The van der Waals surface area contributed by atoms with Crippen LogP contribution in [-0.4, -0.2) is 81.2 Å². The number of likely N-dealkylation sites (tertiary alicyclic amines) is 1. The number of ether oxygens (including phenoxy) is 1. The van der Waals surface area contributed by atoms with Gasteiger partial charge in [0.15, 0.2) is 11.5 Å². The van der Waals surface area contributed by atoms with Crippen LogP contribution >= 0.6 is 0 Å². The molecule has 1 aliphatic carbocycles. The van der Waals surface area contributed by atoms with Crippen molar-refractivity contribution in [3.05, 3.63) is 47.7 Å². The molecule has 0 bridgehead atoms. The first-order chi connectivity index (χ1) is 23.4. The molecule has 1 aromatic carbocycles. The van der Waals surface area contributed by atoms with Crippen molar-refractivity contribution in [2.75, 3.05) is 37.0 Å². The SMILES string of the molecule is CC[C@@H]1c2c(C#N)ncn2-c2cnc(Nc3ccc(C(=O)NC4CCN(C5CCNCC5)[C@H](CC5CC5)C4)cc3OC)nc2N1C(C)C. The number of hydrogen-bond donors (Lipinski definition) is 3. The van der Waals surface area contributed by atoms with Gasteiger partial charge < -0.3 is 25.6 Å². The Labute approximate surface area is 283 Å². The quantitative estimate of drug-likeness (QED) is 0.272. The number of anilines is 3. The molecule has 0 spiro atoms. The number of nitriles is 1. The number of carbonyl (C=O) groups is 1. The number of methoxy groups -OCH3 is 1. The highest BCUT2D eigenvalue weighted by atomic mass is 16.5. The van der Waals surface area contributed by atoms with Gasteiger partial charge in [-0.15, -0.1) is 0 Å². The summed E-state index contributed by atoms with van der Waals surface area (Å²) in [7, 11) is 1.61. The standard InChI is InChI=1S/C36H48N10O2/c1-5-30-33-29(19-37)40-21-45(33)31-20-39-36(43-34(31)46(30)22(2)3)42-28-9-8-24(17-32(28)48-4)35(47)41-25-12-15-44(26-10-13-38-14-11-26)27(18-25)16-23-6-7-23/h8-9,17,20-23,25-27,30,38H,5-7,10-16,18H2,1-4H3,(H,41,47)(H,39,42,43)/t25?,27-,30-/m1/s1. The Morgan fingerprint density at radius 3 is 2.69 bits per heavy atom. The maximum absolute atomic E-state index is 13.6. The van der Waals surface area contributed by atoms with Crippen LogP contribution in [-0.2, 0) is 0 Å². The minimum Gasteiger partial charge on any atom is -0.495 e. The number of fused-ring (bicyclic) bond motifs is 3. The molecule has 3 atom stereocenters. The van der Waals surface area contributed by atoms with E-state index in [9.17, 15) is 10.1 Å². The van der Waals surface area contributed by atoms with Crippen molar-refractivity contribution < 1.29 is 9.53 Å². The minimum absolute atomic E-state index is 0.0504. The van der Waals surface area contributed by atoms with Crippen molar-refractivity contribution in [3.63, 3.8) is 0 Å². The highest BCUT2D eigenvalue weighted by Gasteiger charge is 2.38. The smallest absolute Gasteiger partial charge is 0.251 e. The lowest BCUT2D eigenvalue weighted by Crippen LogP contribution is -2.55. The molecule has 3 aliphatic heterocycles. The summed E-state index contributed by atoms with van der Waals surface area (Å²) in [5.74, 6) is 2.51. The van der Waals surface area contributed by atoms with Gasteiger partial charge in [-0.1, -0.05) is 19.8 Å². The number of aromatic nitrogens is 4. The molecule has 0 radical (unpaired) electrons. The van der Waals surface area contributed by atoms with Crippen LogP contribution in [0.3, 0.4) is 0 Å². The molecule has 1 saturated carbocycles. The number of nitrogens with zero attached hydrogens (tertiary/aromatic N) is 7. The second-order valence-electron chi connectivity index (χ2n) is 14.1. The van der Waals surface area contributed by atoms with Gasteiger partial charge in [-0.2, -0.15) is 10.2 Å². The molecule has 254 valence electrons. The molecule has 48 heavy (non-hydrogen) atoms. The third-order valence-corrected chi connectivity index (χ3v) is 10.6. The zero-order chi connectivity index (χ0) is 33.4. The maximum Gasteiger partial charge on any atom is 0.251 e. The average molecular weight is 653 g/mol. The number of piperidine rings is 2. The molecule has 3 fully saturated rings. The van der Waals surface area contributed by atoms with Crippen molar-refractivity contribution in [2.45, 2.75) is 102 Å². The topological polar surface area (TPSA) is 136 Å². The Kier molecular flexibility index (Phi) is 9.25. The largest absolute Gasteiger partial charge is 0.495 e. The van der Waals surface area contributed by atoms with Crippen molar-refractivity contribution in [1.82, 2.24) is 35.1 Å². The molecule has 7 rings (SSSR count). The Bertz CT molecular complexity index is 1670. The molecule has 12 heteroatoms. The molecule has 3 aromatic rings. The zero-order valence-electron chi connectivity index (χ0n) is 28.6. The fraction of sp³-hybridized carbons (Fsp3) is 0.583. The molecule has 2 saturated heterocycles. The first-order valence-corrected chi connectivity index (χ1v) is 17.7. The fourth-order valence-electron chi connectivity index (χ4n) is 8.13. The number of benzene rings is 1. The van der Waals surface area contributed by atoms with Crippen molar-refractivity contribution in [3.8, 4) is 17.5 Å². The molecule has 3 N–H and O–H groups in total. The first-order valence-electron chi connectivity index (χ1n) is 17.7. The second kappa shape index (κ2) is 13.7. The third-order valence-electron chi connectivity index (χ3n) is 10.6. The second-order valence-corrected chi connectivity index (χ2v) is 14.1. The van der Waals surface area contributed by atoms with Gasteiger partial charge in [-0.25, -0.2) is 9.97 Å². The summed E-state index contributed by atoms with van der Waals surface area (Å²) in [5, 5.41) is 19.9. The predicted octanol–water partition coefficient (Wildman–Crippen LogP) is 5.08. The molecule has 2 aromatic heterocycles. The highest BCUT2D eigenvalue weighted by molar-refractivity contribution is 5.95. The molecule has 12 nitrogen and oxygen atoms in total. The summed E-state index contributed by atoms with van der Waals surface area (Å²) in [6, 6.07) is 9.18. The van der Waals surface area contributed by atoms with Crippen LogP contribution in [0.1, 0.15) is 99.9 Å². The van der Waals surface area contributed by atoms with Gasteiger partial charge in [0, 0.05) is 36.3 Å². The van der Waals surface area contributed by atoms with Crippen molar-refractivity contribution in [1.29, 1.82) is 5.26 Å². The lowest BCUT2D eigenvalue weighted by Gasteiger charge is -2.45. The van der Waals surface area contributed by atoms with Gasteiger partial charge in [-0.05, 0) is 89.6 Å². The summed E-state index contributed by atoms with van der Waals surface area (Å²) in [6.07, 6.45) is 12.6. The number of amides is 1. The van der Waals surface area contributed by atoms with E-state index in [0.717, 1.165) is 62.0 Å². The number of hydrogen-bond acceptors (Lipinski definition) is 10. The van der Waals surface area contributed by atoms with E-state index in [1.54, 1.807) is 25.7 Å². The molecule has 1 unspecified atom stereocenters. The Balaban J connectivity index is 1.07. The predicted molar refractivity (Wildman–Crippen MR) is 185 cm³/mol. The van der Waals surface area contributed by atoms with Crippen LogP contribution < -0.4 is 25.6 Å². The summed E-state index contributed by atoms with van der Waals surface area (Å²) in [5.41, 5.74) is 3.31. The Hall–Kier alpha value is -4.21. The average Bonchev–Trinajstić information content (AvgIpc) is 3.82. The van der Waals surface area contributed by atoms with E-state index in [-0.39, 0.29) is 24.0 Å². The van der Waals surface area contributed by atoms with Gasteiger partial charge in [0.05, 0.1) is 30.7 Å². The van der Waals surface area contributed by atoms with Crippen LogP contribution in [0.2, 0.25) is 0 Å². The molecular formula is C36H48N10O2. The monoisotopic (exact) mass is 652 g/mol. The Morgan fingerprint density at radius 1 is 1.17 bits per heavy atom. The number of rotatable bonds is 10. The maximum atomic E-state index is 13.6.